The smallest absolute Gasteiger partial charge is 0.338 e. The van der Waals surface area contributed by atoms with Gasteiger partial charge in [-0.15, -0.1) is 0 Å². The Morgan fingerprint density at radius 1 is 1.12 bits per heavy atom. The number of amides is 2. The highest BCUT2D eigenvalue weighted by Gasteiger charge is 2.52. The van der Waals surface area contributed by atoms with E-state index in [0.717, 1.165) is 19.6 Å². The molecule has 8 heteroatoms. The molecule has 2 aliphatic rings. The second-order valence-corrected chi connectivity index (χ2v) is 7.18. The van der Waals surface area contributed by atoms with Crippen molar-refractivity contribution in [3.63, 3.8) is 0 Å². The van der Waals surface area contributed by atoms with Gasteiger partial charge in [0.1, 0.15) is 6.04 Å². The summed E-state index contributed by atoms with van der Waals surface area (Å²) in [6.07, 6.45) is -1.15. The molecule has 0 bridgehead atoms. The largest absolute Gasteiger partial charge is 0.464 e. The SMILES string of the molecule is CCOC(=O)[C@@H]1O[C@H]1C(=O)N[C@@H](CC(C)C)C(=O)N1CCN(CC)CC1. The molecule has 148 valence electrons. The summed E-state index contributed by atoms with van der Waals surface area (Å²) in [6, 6.07) is -0.595. The molecule has 2 fully saturated rings. The van der Waals surface area contributed by atoms with E-state index in [2.05, 4.69) is 17.1 Å². The summed E-state index contributed by atoms with van der Waals surface area (Å²) < 4.78 is 9.99. The van der Waals surface area contributed by atoms with Crippen molar-refractivity contribution in [1.29, 1.82) is 0 Å². The maximum absolute atomic E-state index is 12.9. The minimum Gasteiger partial charge on any atom is -0.464 e. The summed E-state index contributed by atoms with van der Waals surface area (Å²) in [6.45, 7) is 12.1. The summed E-state index contributed by atoms with van der Waals surface area (Å²) in [5.41, 5.74) is 0. The number of epoxide rings is 1. The Kier molecular flexibility index (Phi) is 7.40. The zero-order chi connectivity index (χ0) is 19.3. The van der Waals surface area contributed by atoms with Gasteiger partial charge in [-0.2, -0.15) is 0 Å². The average molecular weight is 369 g/mol. The van der Waals surface area contributed by atoms with Gasteiger partial charge in [-0.25, -0.2) is 4.79 Å². The monoisotopic (exact) mass is 369 g/mol. The summed E-state index contributed by atoms with van der Waals surface area (Å²) in [7, 11) is 0. The van der Waals surface area contributed by atoms with Crippen LogP contribution in [0.3, 0.4) is 0 Å². The molecule has 8 nitrogen and oxygen atoms in total. The first-order chi connectivity index (χ1) is 12.4. The standard InChI is InChI=1S/C18H31N3O5/c1-5-20-7-9-21(10-8-20)17(23)13(11-12(3)4)19-16(22)14-15(26-14)18(24)25-6-2/h12-15H,5-11H2,1-4H3,(H,19,22)/t13-,14+,15+/m0/s1. The highest BCUT2D eigenvalue weighted by molar-refractivity contribution is 5.95. The van der Waals surface area contributed by atoms with Crippen LogP contribution in [0, 0.1) is 5.92 Å². The lowest BCUT2D eigenvalue weighted by molar-refractivity contribution is -0.144. The zero-order valence-electron chi connectivity index (χ0n) is 16.2. The van der Waals surface area contributed by atoms with Crippen LogP contribution in [0.4, 0.5) is 0 Å². The fourth-order valence-electron chi connectivity index (χ4n) is 3.17. The van der Waals surface area contributed by atoms with E-state index in [0.29, 0.717) is 19.5 Å². The Balaban J connectivity index is 1.92. The van der Waals surface area contributed by atoms with E-state index in [1.165, 1.54) is 0 Å². The predicted molar refractivity (Wildman–Crippen MR) is 95.4 cm³/mol. The van der Waals surface area contributed by atoms with E-state index in [4.69, 9.17) is 9.47 Å². The number of rotatable bonds is 8. The van der Waals surface area contributed by atoms with Crippen molar-refractivity contribution in [2.75, 3.05) is 39.3 Å². The second-order valence-electron chi connectivity index (χ2n) is 7.18. The number of hydrogen-bond donors (Lipinski definition) is 1. The molecule has 0 aromatic rings. The van der Waals surface area contributed by atoms with Crippen molar-refractivity contribution in [3.05, 3.63) is 0 Å². The molecular weight excluding hydrogens is 338 g/mol. The van der Waals surface area contributed by atoms with E-state index in [-0.39, 0.29) is 18.4 Å². The number of nitrogens with one attached hydrogen (secondary N) is 1. The molecule has 0 aromatic heterocycles. The lowest BCUT2D eigenvalue weighted by Crippen LogP contribution is -2.55. The Hall–Kier alpha value is -1.67. The number of nitrogens with zero attached hydrogens (tertiary/aromatic N) is 2. The number of carbonyl (C=O) groups is 3. The van der Waals surface area contributed by atoms with E-state index in [1.54, 1.807) is 6.92 Å². The van der Waals surface area contributed by atoms with E-state index >= 15 is 0 Å². The highest BCUT2D eigenvalue weighted by Crippen LogP contribution is 2.24. The van der Waals surface area contributed by atoms with Gasteiger partial charge in [0.15, 0.2) is 12.2 Å². The topological polar surface area (TPSA) is 91.5 Å². The van der Waals surface area contributed by atoms with Crippen LogP contribution in [0.15, 0.2) is 0 Å². The van der Waals surface area contributed by atoms with Crippen molar-refractivity contribution >= 4 is 17.8 Å². The van der Waals surface area contributed by atoms with Crippen LogP contribution in [-0.4, -0.2) is 85.2 Å². The Morgan fingerprint density at radius 3 is 2.31 bits per heavy atom. The minimum atomic E-state index is -0.853. The molecule has 2 aliphatic heterocycles. The molecule has 0 radical (unpaired) electrons. The molecule has 2 heterocycles. The van der Waals surface area contributed by atoms with Crippen LogP contribution in [0.5, 0.6) is 0 Å². The summed E-state index contributed by atoms with van der Waals surface area (Å²) in [4.78, 5) is 41.0. The molecule has 0 aromatic carbocycles. The van der Waals surface area contributed by atoms with Gasteiger partial charge in [-0.05, 0) is 25.8 Å². The molecule has 2 rings (SSSR count). The second kappa shape index (κ2) is 9.32. The number of carbonyl (C=O) groups excluding carboxylic acids is 3. The normalized spacial score (nSPS) is 24.3. The summed E-state index contributed by atoms with van der Waals surface area (Å²) >= 11 is 0. The van der Waals surface area contributed by atoms with Crippen LogP contribution in [-0.2, 0) is 23.9 Å². The molecule has 0 spiro atoms. The Morgan fingerprint density at radius 2 is 1.77 bits per heavy atom. The van der Waals surface area contributed by atoms with Crippen molar-refractivity contribution < 1.29 is 23.9 Å². The van der Waals surface area contributed by atoms with Gasteiger partial charge in [0, 0.05) is 26.2 Å². The first kappa shape index (κ1) is 20.6. The van der Waals surface area contributed by atoms with Gasteiger partial charge in [-0.3, -0.25) is 9.59 Å². The third-order valence-electron chi connectivity index (χ3n) is 4.72. The fourth-order valence-corrected chi connectivity index (χ4v) is 3.17. The molecule has 3 atom stereocenters. The molecular formula is C18H31N3O5. The van der Waals surface area contributed by atoms with Crippen LogP contribution in [0.25, 0.3) is 0 Å². The first-order valence-corrected chi connectivity index (χ1v) is 9.50. The number of likely N-dealkylation sites (N-methyl/N-ethyl adjacent to an activating group) is 1. The molecule has 0 unspecified atom stereocenters. The summed E-state index contributed by atoms with van der Waals surface area (Å²) in [5, 5.41) is 2.78. The summed E-state index contributed by atoms with van der Waals surface area (Å²) in [5.74, 6) is -0.761. The lowest BCUT2D eigenvalue weighted by atomic mass is 10.0. The van der Waals surface area contributed by atoms with Crippen LogP contribution >= 0.6 is 0 Å². The van der Waals surface area contributed by atoms with Crippen molar-refractivity contribution in [2.24, 2.45) is 5.92 Å². The van der Waals surface area contributed by atoms with Gasteiger partial charge in [0.25, 0.3) is 5.91 Å². The molecule has 26 heavy (non-hydrogen) atoms. The van der Waals surface area contributed by atoms with Crippen LogP contribution < -0.4 is 5.32 Å². The van der Waals surface area contributed by atoms with Gasteiger partial charge >= 0.3 is 5.97 Å². The van der Waals surface area contributed by atoms with Crippen LogP contribution in [0.1, 0.15) is 34.1 Å². The Labute approximate surface area is 155 Å². The van der Waals surface area contributed by atoms with E-state index in [9.17, 15) is 14.4 Å². The van der Waals surface area contributed by atoms with Crippen molar-refractivity contribution in [3.8, 4) is 0 Å². The van der Waals surface area contributed by atoms with Gasteiger partial charge in [0.2, 0.25) is 5.91 Å². The van der Waals surface area contributed by atoms with E-state index < -0.39 is 30.1 Å². The van der Waals surface area contributed by atoms with Gasteiger partial charge < -0.3 is 24.6 Å². The maximum Gasteiger partial charge on any atom is 0.338 e. The third kappa shape index (κ3) is 5.41. The van der Waals surface area contributed by atoms with Crippen molar-refractivity contribution in [2.45, 2.75) is 52.4 Å². The quantitative estimate of drug-likeness (QED) is 0.479. The molecule has 0 saturated carbocycles. The maximum atomic E-state index is 12.9. The number of hydrogen-bond acceptors (Lipinski definition) is 6. The third-order valence-corrected chi connectivity index (χ3v) is 4.72. The fraction of sp³-hybridized carbons (Fsp3) is 0.833. The molecule has 2 amide bonds. The molecule has 1 N–H and O–H groups in total. The molecule has 0 aliphatic carbocycles. The predicted octanol–water partition coefficient (Wildman–Crippen LogP) is 0.0119. The number of ether oxygens (including phenoxy) is 2. The minimum absolute atomic E-state index is 0.0591. The number of piperazine rings is 1. The van der Waals surface area contributed by atoms with E-state index in [1.807, 2.05) is 18.7 Å². The Bertz CT molecular complexity index is 517. The van der Waals surface area contributed by atoms with Gasteiger partial charge in [0.05, 0.1) is 6.61 Å². The first-order valence-electron chi connectivity index (χ1n) is 9.50. The van der Waals surface area contributed by atoms with Crippen LogP contribution in [0.2, 0.25) is 0 Å². The average Bonchev–Trinajstić information content (AvgIpc) is 3.41. The highest BCUT2D eigenvalue weighted by atomic mass is 16.6. The number of esters is 1. The van der Waals surface area contributed by atoms with Gasteiger partial charge in [-0.1, -0.05) is 20.8 Å². The lowest BCUT2D eigenvalue weighted by Gasteiger charge is -2.36. The molecule has 2 saturated heterocycles. The zero-order valence-corrected chi connectivity index (χ0v) is 16.2. The van der Waals surface area contributed by atoms with Crippen molar-refractivity contribution in [1.82, 2.24) is 15.1 Å².